The zero-order chi connectivity index (χ0) is 19.6. The predicted octanol–water partition coefficient (Wildman–Crippen LogP) is 3.15. The number of likely N-dealkylation sites (tertiary alicyclic amines) is 1. The normalized spacial score (nSPS) is 22.7. The highest BCUT2D eigenvalue weighted by Gasteiger charge is 2.42. The van der Waals surface area contributed by atoms with Crippen LogP contribution < -0.4 is 4.90 Å². The number of piperidine rings is 2. The average Bonchev–Trinajstić information content (AvgIpc) is 2.72. The van der Waals surface area contributed by atoms with Gasteiger partial charge < -0.3 is 9.80 Å². The minimum absolute atomic E-state index is 0.144. The summed E-state index contributed by atoms with van der Waals surface area (Å²) in [6.07, 6.45) is 8.60. The number of hydrogen-bond acceptors (Lipinski definition) is 5. The average molecular weight is 380 g/mol. The van der Waals surface area contributed by atoms with E-state index >= 15 is 0 Å². The van der Waals surface area contributed by atoms with Crippen LogP contribution >= 0.6 is 0 Å². The Morgan fingerprint density at radius 1 is 1.18 bits per heavy atom. The van der Waals surface area contributed by atoms with Crippen LogP contribution in [0.3, 0.4) is 0 Å². The third-order valence-electron chi connectivity index (χ3n) is 6.13. The Morgan fingerprint density at radius 3 is 2.86 bits per heavy atom. The first-order chi connectivity index (χ1) is 13.6. The van der Waals surface area contributed by atoms with Gasteiger partial charge in [0.1, 0.15) is 11.6 Å². The van der Waals surface area contributed by atoms with Crippen LogP contribution in [-0.4, -0.2) is 45.4 Å². The SMILES string of the molecule is CCc1cnc(C)nc1N1CCC[C@@]2(CCC(=O)N(Cc3ccccn3)C2)C1. The van der Waals surface area contributed by atoms with Crippen LogP contribution in [0.15, 0.2) is 30.6 Å². The molecule has 6 heteroatoms. The van der Waals surface area contributed by atoms with Gasteiger partial charge in [-0.25, -0.2) is 9.97 Å². The number of rotatable bonds is 4. The maximum absolute atomic E-state index is 12.6. The van der Waals surface area contributed by atoms with E-state index in [0.717, 1.165) is 56.2 Å². The van der Waals surface area contributed by atoms with E-state index in [9.17, 15) is 4.79 Å². The maximum Gasteiger partial charge on any atom is 0.222 e. The molecule has 1 spiro atoms. The molecule has 1 atom stereocenters. The number of carbonyl (C=O) groups is 1. The molecule has 0 aromatic carbocycles. The predicted molar refractivity (Wildman–Crippen MR) is 109 cm³/mol. The first kappa shape index (κ1) is 18.8. The molecule has 0 unspecified atom stereocenters. The van der Waals surface area contributed by atoms with E-state index in [1.165, 1.54) is 12.0 Å². The van der Waals surface area contributed by atoms with Crippen molar-refractivity contribution in [3.8, 4) is 0 Å². The van der Waals surface area contributed by atoms with Crippen molar-refractivity contribution in [2.24, 2.45) is 5.41 Å². The molecular formula is C22H29N5O. The molecule has 2 aliphatic heterocycles. The van der Waals surface area contributed by atoms with Crippen molar-refractivity contribution in [2.75, 3.05) is 24.5 Å². The number of carbonyl (C=O) groups excluding carboxylic acids is 1. The van der Waals surface area contributed by atoms with E-state index in [4.69, 9.17) is 4.98 Å². The van der Waals surface area contributed by atoms with Gasteiger partial charge >= 0.3 is 0 Å². The zero-order valence-corrected chi connectivity index (χ0v) is 16.9. The second-order valence-corrected chi connectivity index (χ2v) is 8.22. The van der Waals surface area contributed by atoms with E-state index in [1.807, 2.05) is 36.2 Å². The number of hydrogen-bond donors (Lipinski definition) is 0. The highest BCUT2D eigenvalue weighted by atomic mass is 16.2. The standard InChI is InChI=1S/C22H29N5O/c1-3-18-13-24-17(2)25-21(18)26-12-6-9-22(15-26)10-8-20(28)27(16-22)14-19-7-4-5-11-23-19/h4-5,7,11,13H,3,6,8-10,12,14-16H2,1-2H3/t22-/m1/s1. The summed E-state index contributed by atoms with van der Waals surface area (Å²) < 4.78 is 0. The Bertz CT molecular complexity index is 840. The lowest BCUT2D eigenvalue weighted by Crippen LogP contribution is -2.54. The first-order valence-electron chi connectivity index (χ1n) is 10.3. The third kappa shape index (κ3) is 3.86. The Labute approximate surface area is 167 Å². The van der Waals surface area contributed by atoms with Crippen LogP contribution in [0.2, 0.25) is 0 Å². The molecular weight excluding hydrogens is 350 g/mol. The van der Waals surface area contributed by atoms with E-state index in [0.29, 0.717) is 13.0 Å². The van der Waals surface area contributed by atoms with Crippen molar-refractivity contribution in [3.05, 3.63) is 47.7 Å². The molecule has 148 valence electrons. The van der Waals surface area contributed by atoms with Gasteiger partial charge in [0.25, 0.3) is 0 Å². The second kappa shape index (κ2) is 7.86. The number of amides is 1. The van der Waals surface area contributed by atoms with E-state index in [1.54, 1.807) is 6.20 Å². The van der Waals surface area contributed by atoms with Crippen LogP contribution in [0, 0.1) is 12.3 Å². The monoisotopic (exact) mass is 379 g/mol. The molecule has 2 aromatic heterocycles. The van der Waals surface area contributed by atoms with Gasteiger partial charge in [-0.05, 0) is 44.7 Å². The lowest BCUT2D eigenvalue weighted by molar-refractivity contribution is -0.138. The molecule has 28 heavy (non-hydrogen) atoms. The summed E-state index contributed by atoms with van der Waals surface area (Å²) in [6.45, 7) is 7.52. The van der Waals surface area contributed by atoms with Crippen molar-refractivity contribution in [2.45, 2.75) is 52.5 Å². The van der Waals surface area contributed by atoms with Gasteiger partial charge in [-0.2, -0.15) is 0 Å². The Kier molecular flexibility index (Phi) is 5.29. The third-order valence-corrected chi connectivity index (χ3v) is 6.13. The quantitative estimate of drug-likeness (QED) is 0.817. The molecule has 2 saturated heterocycles. The van der Waals surface area contributed by atoms with Gasteiger partial charge in [0, 0.05) is 49.4 Å². The van der Waals surface area contributed by atoms with Crippen molar-refractivity contribution in [3.63, 3.8) is 0 Å². The highest BCUT2D eigenvalue weighted by molar-refractivity contribution is 5.77. The maximum atomic E-state index is 12.6. The molecule has 2 aromatic rings. The van der Waals surface area contributed by atoms with Crippen LogP contribution in [0.1, 0.15) is 49.7 Å². The molecule has 0 bridgehead atoms. The molecule has 2 aliphatic rings. The minimum Gasteiger partial charge on any atom is -0.356 e. The Hall–Kier alpha value is -2.50. The zero-order valence-electron chi connectivity index (χ0n) is 16.9. The van der Waals surface area contributed by atoms with Crippen molar-refractivity contribution < 1.29 is 4.79 Å². The first-order valence-corrected chi connectivity index (χ1v) is 10.3. The fraction of sp³-hybridized carbons (Fsp3) is 0.545. The van der Waals surface area contributed by atoms with Gasteiger partial charge in [-0.1, -0.05) is 13.0 Å². The molecule has 0 saturated carbocycles. The second-order valence-electron chi connectivity index (χ2n) is 8.22. The summed E-state index contributed by atoms with van der Waals surface area (Å²) in [5, 5.41) is 0. The number of pyridine rings is 1. The van der Waals surface area contributed by atoms with Gasteiger partial charge in [-0.15, -0.1) is 0 Å². The Balaban J connectivity index is 1.54. The summed E-state index contributed by atoms with van der Waals surface area (Å²) in [5.74, 6) is 2.16. The smallest absolute Gasteiger partial charge is 0.222 e. The molecule has 1 amide bonds. The van der Waals surface area contributed by atoms with Crippen molar-refractivity contribution in [1.29, 1.82) is 0 Å². The van der Waals surface area contributed by atoms with Crippen LogP contribution in [0.5, 0.6) is 0 Å². The number of aromatic nitrogens is 3. The molecule has 4 heterocycles. The number of nitrogens with zero attached hydrogens (tertiary/aromatic N) is 5. The van der Waals surface area contributed by atoms with Gasteiger partial charge in [0.15, 0.2) is 0 Å². The molecule has 6 nitrogen and oxygen atoms in total. The molecule has 0 aliphatic carbocycles. The largest absolute Gasteiger partial charge is 0.356 e. The van der Waals surface area contributed by atoms with Gasteiger partial charge in [-0.3, -0.25) is 9.78 Å². The summed E-state index contributed by atoms with van der Waals surface area (Å²) in [4.78, 5) is 30.6. The van der Waals surface area contributed by atoms with E-state index < -0.39 is 0 Å². The lowest BCUT2D eigenvalue weighted by atomic mass is 9.73. The summed E-state index contributed by atoms with van der Waals surface area (Å²) in [6, 6.07) is 5.90. The van der Waals surface area contributed by atoms with Crippen LogP contribution in [0.25, 0.3) is 0 Å². The fourth-order valence-electron chi connectivity index (χ4n) is 4.66. The molecule has 0 N–H and O–H groups in total. The molecule has 0 radical (unpaired) electrons. The molecule has 4 rings (SSSR count). The number of aryl methyl sites for hydroxylation is 2. The van der Waals surface area contributed by atoms with Crippen molar-refractivity contribution in [1.82, 2.24) is 19.9 Å². The Morgan fingerprint density at radius 2 is 2.07 bits per heavy atom. The number of anilines is 1. The van der Waals surface area contributed by atoms with Gasteiger partial charge in [0.05, 0.1) is 12.2 Å². The van der Waals surface area contributed by atoms with E-state index in [-0.39, 0.29) is 11.3 Å². The summed E-state index contributed by atoms with van der Waals surface area (Å²) in [5.41, 5.74) is 2.31. The molecule has 2 fully saturated rings. The highest BCUT2D eigenvalue weighted by Crippen LogP contribution is 2.40. The van der Waals surface area contributed by atoms with Crippen molar-refractivity contribution >= 4 is 11.7 Å². The van der Waals surface area contributed by atoms with Crippen LogP contribution in [0.4, 0.5) is 5.82 Å². The van der Waals surface area contributed by atoms with Crippen LogP contribution in [-0.2, 0) is 17.8 Å². The summed E-state index contributed by atoms with van der Waals surface area (Å²) >= 11 is 0. The summed E-state index contributed by atoms with van der Waals surface area (Å²) in [7, 11) is 0. The van der Waals surface area contributed by atoms with Gasteiger partial charge in [0.2, 0.25) is 5.91 Å². The fourth-order valence-corrected chi connectivity index (χ4v) is 4.66. The lowest BCUT2D eigenvalue weighted by Gasteiger charge is -2.48. The topological polar surface area (TPSA) is 62.2 Å². The minimum atomic E-state index is 0.144. The van der Waals surface area contributed by atoms with E-state index in [2.05, 4.69) is 21.8 Å².